The van der Waals surface area contributed by atoms with Gasteiger partial charge in [-0.2, -0.15) is 0 Å². The number of halogens is 1. The Kier molecular flexibility index (Phi) is 5.54. The van der Waals surface area contributed by atoms with E-state index in [1.165, 1.54) is 12.1 Å². The maximum Gasteiger partial charge on any atom is 0.270 e. The van der Waals surface area contributed by atoms with Gasteiger partial charge in [-0.3, -0.25) is 10.1 Å². The van der Waals surface area contributed by atoms with E-state index in [0.29, 0.717) is 13.0 Å². The number of nitrogens with zero attached hydrogens (tertiary/aromatic N) is 1. The Morgan fingerprint density at radius 3 is 2.82 bits per heavy atom. The quantitative estimate of drug-likeness (QED) is 0.624. The van der Waals surface area contributed by atoms with Gasteiger partial charge in [-0.05, 0) is 25.0 Å². The van der Waals surface area contributed by atoms with E-state index in [9.17, 15) is 10.1 Å². The summed E-state index contributed by atoms with van der Waals surface area (Å²) in [5.41, 5.74) is 1.03. The summed E-state index contributed by atoms with van der Waals surface area (Å²) in [6, 6.07) is 4.91. The van der Waals surface area contributed by atoms with E-state index in [1.54, 1.807) is 6.07 Å². The SMILES string of the molecule is CC(CCO)NCc1ccc([N+](=O)[O-])cc1Br. The summed E-state index contributed by atoms with van der Waals surface area (Å²) in [6.45, 7) is 2.74. The summed E-state index contributed by atoms with van der Waals surface area (Å²) in [5, 5.41) is 22.5. The molecule has 0 saturated carbocycles. The van der Waals surface area contributed by atoms with Crippen molar-refractivity contribution in [3.05, 3.63) is 38.3 Å². The van der Waals surface area contributed by atoms with Crippen molar-refractivity contribution in [1.29, 1.82) is 0 Å². The molecule has 17 heavy (non-hydrogen) atoms. The number of aliphatic hydroxyl groups is 1. The summed E-state index contributed by atoms with van der Waals surface area (Å²) in [4.78, 5) is 10.1. The molecule has 94 valence electrons. The van der Waals surface area contributed by atoms with E-state index in [0.717, 1.165) is 10.0 Å². The molecule has 1 aromatic carbocycles. The van der Waals surface area contributed by atoms with Crippen LogP contribution in [-0.2, 0) is 6.54 Å². The number of aliphatic hydroxyl groups excluding tert-OH is 1. The minimum atomic E-state index is -0.420. The first-order valence-electron chi connectivity index (χ1n) is 5.31. The average molecular weight is 303 g/mol. The predicted octanol–water partition coefficient (Wildman–Crippen LogP) is 2.22. The van der Waals surface area contributed by atoms with Gasteiger partial charge < -0.3 is 10.4 Å². The summed E-state index contributed by atoms with van der Waals surface area (Å²) in [6.07, 6.45) is 0.685. The highest BCUT2D eigenvalue weighted by Gasteiger charge is 2.09. The van der Waals surface area contributed by atoms with Gasteiger partial charge in [-0.1, -0.05) is 15.9 Å². The van der Waals surface area contributed by atoms with Gasteiger partial charge in [0, 0.05) is 35.8 Å². The van der Waals surface area contributed by atoms with E-state index in [1.807, 2.05) is 6.92 Å². The molecule has 0 fully saturated rings. The van der Waals surface area contributed by atoms with Crippen molar-refractivity contribution in [2.24, 2.45) is 0 Å². The molecule has 0 saturated heterocycles. The second-order valence-electron chi connectivity index (χ2n) is 3.83. The molecule has 0 spiro atoms. The van der Waals surface area contributed by atoms with Gasteiger partial charge in [0.1, 0.15) is 0 Å². The summed E-state index contributed by atoms with van der Waals surface area (Å²) < 4.78 is 0.718. The van der Waals surface area contributed by atoms with Crippen LogP contribution in [0, 0.1) is 10.1 Å². The van der Waals surface area contributed by atoms with Crippen LogP contribution in [0.4, 0.5) is 5.69 Å². The third kappa shape index (κ3) is 4.41. The van der Waals surface area contributed by atoms with Crippen LogP contribution in [0.1, 0.15) is 18.9 Å². The van der Waals surface area contributed by atoms with E-state index >= 15 is 0 Å². The number of nitro benzene ring substituents is 1. The molecule has 0 aliphatic rings. The molecule has 1 atom stereocenters. The third-order valence-electron chi connectivity index (χ3n) is 2.45. The fourth-order valence-electron chi connectivity index (χ4n) is 1.37. The lowest BCUT2D eigenvalue weighted by atomic mass is 10.2. The van der Waals surface area contributed by atoms with Crippen LogP contribution < -0.4 is 5.32 Å². The van der Waals surface area contributed by atoms with Crippen molar-refractivity contribution < 1.29 is 10.0 Å². The lowest BCUT2D eigenvalue weighted by Gasteiger charge is -2.13. The van der Waals surface area contributed by atoms with Gasteiger partial charge >= 0.3 is 0 Å². The highest BCUT2D eigenvalue weighted by molar-refractivity contribution is 9.10. The molecule has 0 radical (unpaired) electrons. The molecular formula is C11H15BrN2O3. The van der Waals surface area contributed by atoms with Crippen molar-refractivity contribution in [1.82, 2.24) is 5.32 Å². The van der Waals surface area contributed by atoms with Crippen LogP contribution in [0.25, 0.3) is 0 Å². The standard InChI is InChI=1S/C11H15BrN2O3/c1-8(4-5-15)13-7-9-2-3-10(14(16)17)6-11(9)12/h2-3,6,8,13,15H,4-5,7H2,1H3. The van der Waals surface area contributed by atoms with Gasteiger partial charge in [-0.25, -0.2) is 0 Å². The van der Waals surface area contributed by atoms with Gasteiger partial charge in [0.15, 0.2) is 0 Å². The zero-order valence-electron chi connectivity index (χ0n) is 9.52. The molecule has 5 nitrogen and oxygen atoms in total. The van der Waals surface area contributed by atoms with E-state index in [4.69, 9.17) is 5.11 Å². The van der Waals surface area contributed by atoms with Gasteiger partial charge in [0.25, 0.3) is 5.69 Å². The molecule has 0 heterocycles. The van der Waals surface area contributed by atoms with Crippen molar-refractivity contribution in [3.63, 3.8) is 0 Å². The number of nitrogens with one attached hydrogen (secondary N) is 1. The van der Waals surface area contributed by atoms with Crippen LogP contribution in [-0.4, -0.2) is 22.7 Å². The lowest BCUT2D eigenvalue weighted by Crippen LogP contribution is -2.26. The highest BCUT2D eigenvalue weighted by Crippen LogP contribution is 2.22. The molecule has 1 unspecified atom stereocenters. The zero-order chi connectivity index (χ0) is 12.8. The second-order valence-corrected chi connectivity index (χ2v) is 4.68. The number of rotatable bonds is 6. The molecule has 1 aromatic rings. The predicted molar refractivity (Wildman–Crippen MR) is 68.8 cm³/mol. The maximum absolute atomic E-state index is 10.6. The van der Waals surface area contributed by atoms with Crippen molar-refractivity contribution in [3.8, 4) is 0 Å². The summed E-state index contributed by atoms with van der Waals surface area (Å²) in [5.74, 6) is 0. The second kappa shape index (κ2) is 6.68. The number of hydrogen-bond donors (Lipinski definition) is 2. The first-order valence-corrected chi connectivity index (χ1v) is 6.11. The smallest absolute Gasteiger partial charge is 0.270 e. The van der Waals surface area contributed by atoms with Crippen LogP contribution in [0.15, 0.2) is 22.7 Å². The van der Waals surface area contributed by atoms with E-state index in [-0.39, 0.29) is 18.3 Å². The molecule has 0 aromatic heterocycles. The molecule has 6 heteroatoms. The van der Waals surface area contributed by atoms with Crippen LogP contribution in [0.2, 0.25) is 0 Å². The normalized spacial score (nSPS) is 12.4. The van der Waals surface area contributed by atoms with Gasteiger partial charge in [0.05, 0.1) is 4.92 Å². The van der Waals surface area contributed by atoms with Gasteiger partial charge in [0.2, 0.25) is 0 Å². The van der Waals surface area contributed by atoms with E-state index in [2.05, 4.69) is 21.2 Å². The fraction of sp³-hybridized carbons (Fsp3) is 0.455. The number of nitro groups is 1. The lowest BCUT2D eigenvalue weighted by molar-refractivity contribution is -0.384. The number of benzene rings is 1. The van der Waals surface area contributed by atoms with Crippen LogP contribution >= 0.6 is 15.9 Å². The molecule has 1 rings (SSSR count). The molecular weight excluding hydrogens is 288 g/mol. The van der Waals surface area contributed by atoms with Crippen molar-refractivity contribution >= 4 is 21.6 Å². The Morgan fingerprint density at radius 2 is 2.29 bits per heavy atom. The molecule has 2 N–H and O–H groups in total. The highest BCUT2D eigenvalue weighted by atomic mass is 79.9. The molecule has 0 aliphatic heterocycles. The largest absolute Gasteiger partial charge is 0.396 e. The van der Waals surface area contributed by atoms with Crippen molar-refractivity contribution in [2.45, 2.75) is 25.9 Å². The molecule has 0 bridgehead atoms. The molecule has 0 amide bonds. The zero-order valence-corrected chi connectivity index (χ0v) is 11.1. The summed E-state index contributed by atoms with van der Waals surface area (Å²) >= 11 is 3.31. The average Bonchev–Trinajstić information content (AvgIpc) is 2.27. The Hall–Kier alpha value is -0.980. The van der Waals surface area contributed by atoms with Crippen LogP contribution in [0.5, 0.6) is 0 Å². The van der Waals surface area contributed by atoms with Gasteiger partial charge in [-0.15, -0.1) is 0 Å². The van der Waals surface area contributed by atoms with Crippen molar-refractivity contribution in [2.75, 3.05) is 6.61 Å². The third-order valence-corrected chi connectivity index (χ3v) is 3.19. The van der Waals surface area contributed by atoms with Crippen LogP contribution in [0.3, 0.4) is 0 Å². The minimum Gasteiger partial charge on any atom is -0.396 e. The fourth-order valence-corrected chi connectivity index (χ4v) is 1.88. The number of hydrogen-bond acceptors (Lipinski definition) is 4. The Bertz CT molecular complexity index is 398. The monoisotopic (exact) mass is 302 g/mol. The Morgan fingerprint density at radius 1 is 1.59 bits per heavy atom. The topological polar surface area (TPSA) is 75.4 Å². The Labute approximate surface area is 108 Å². The maximum atomic E-state index is 10.6. The number of non-ortho nitro benzene ring substituents is 1. The summed E-state index contributed by atoms with van der Waals surface area (Å²) in [7, 11) is 0. The minimum absolute atomic E-state index is 0.0732. The Balaban J connectivity index is 2.63. The molecule has 0 aliphatic carbocycles. The first kappa shape index (κ1) is 14.1. The first-order chi connectivity index (χ1) is 8.04. The van der Waals surface area contributed by atoms with E-state index < -0.39 is 4.92 Å².